The van der Waals surface area contributed by atoms with Crippen molar-refractivity contribution in [3.8, 4) is 0 Å². The van der Waals surface area contributed by atoms with Crippen molar-refractivity contribution in [1.29, 1.82) is 0 Å². The summed E-state index contributed by atoms with van der Waals surface area (Å²) in [7, 11) is -3.60. The number of amides is 1. The second-order valence-corrected chi connectivity index (χ2v) is 9.48. The predicted octanol–water partition coefficient (Wildman–Crippen LogP) is 2.62. The van der Waals surface area contributed by atoms with E-state index in [-0.39, 0.29) is 10.8 Å². The summed E-state index contributed by atoms with van der Waals surface area (Å²) in [4.78, 5) is 16.8. The van der Waals surface area contributed by atoms with Crippen molar-refractivity contribution in [1.82, 2.24) is 9.80 Å². The van der Waals surface area contributed by atoms with Crippen LogP contribution in [0.1, 0.15) is 18.1 Å². The van der Waals surface area contributed by atoms with E-state index in [4.69, 9.17) is 0 Å². The summed E-state index contributed by atoms with van der Waals surface area (Å²) in [5.74, 6) is -0.00359. The minimum Gasteiger partial charge on any atom is -0.337 e. The van der Waals surface area contributed by atoms with E-state index in [0.29, 0.717) is 6.54 Å². The fourth-order valence-electron chi connectivity index (χ4n) is 3.99. The van der Waals surface area contributed by atoms with E-state index < -0.39 is 10.0 Å². The average Bonchev–Trinajstić information content (AvgIpc) is 3.23. The van der Waals surface area contributed by atoms with E-state index in [0.717, 1.165) is 56.0 Å². The summed E-state index contributed by atoms with van der Waals surface area (Å²) in [6, 6.07) is 14.3. The Morgan fingerprint density at radius 3 is 2.37 bits per heavy atom. The molecule has 2 aromatic rings. The monoisotopic (exact) mass is 425 g/mol. The quantitative estimate of drug-likeness (QED) is 0.691. The van der Waals surface area contributed by atoms with Crippen molar-refractivity contribution >= 4 is 27.7 Å². The highest BCUT2D eigenvalue weighted by Crippen LogP contribution is 2.32. The van der Waals surface area contributed by atoms with E-state index >= 15 is 0 Å². The lowest BCUT2D eigenvalue weighted by Gasteiger charge is -2.33. The topological polar surface area (TPSA) is 60.9 Å². The molecule has 0 spiro atoms. The third kappa shape index (κ3) is 4.13. The summed E-state index contributed by atoms with van der Waals surface area (Å²) in [6.07, 6.45) is 4.04. The van der Waals surface area contributed by atoms with Crippen molar-refractivity contribution in [3.63, 3.8) is 0 Å². The smallest absolute Gasteiger partial charge is 0.264 e. The number of carbonyl (C=O) groups is 1. The molecule has 0 radical (unpaired) electrons. The van der Waals surface area contributed by atoms with E-state index in [1.165, 1.54) is 4.31 Å². The van der Waals surface area contributed by atoms with Crippen LogP contribution in [-0.4, -0.2) is 63.4 Å². The molecule has 1 fully saturated rings. The molecule has 6 nitrogen and oxygen atoms in total. The Morgan fingerprint density at radius 1 is 0.967 bits per heavy atom. The predicted molar refractivity (Wildman–Crippen MR) is 119 cm³/mol. The van der Waals surface area contributed by atoms with Crippen LogP contribution < -0.4 is 4.31 Å². The third-order valence-corrected chi connectivity index (χ3v) is 7.69. The van der Waals surface area contributed by atoms with Gasteiger partial charge in [0.05, 0.1) is 10.6 Å². The van der Waals surface area contributed by atoms with Gasteiger partial charge in [-0.2, -0.15) is 0 Å². The number of nitrogens with zero attached hydrogens (tertiary/aromatic N) is 3. The summed E-state index contributed by atoms with van der Waals surface area (Å²) in [6.45, 7) is 6.89. The van der Waals surface area contributed by atoms with E-state index in [1.54, 1.807) is 36.4 Å². The zero-order valence-corrected chi connectivity index (χ0v) is 18.0. The Balaban J connectivity index is 1.43. The van der Waals surface area contributed by atoms with Crippen LogP contribution >= 0.6 is 0 Å². The number of carbonyl (C=O) groups excluding carboxylic acids is 1. The van der Waals surface area contributed by atoms with Gasteiger partial charge in [0, 0.05) is 38.8 Å². The normalized spacial score (nSPS) is 17.5. The molecule has 30 heavy (non-hydrogen) atoms. The van der Waals surface area contributed by atoms with E-state index in [2.05, 4.69) is 11.8 Å². The van der Waals surface area contributed by atoms with Crippen molar-refractivity contribution in [3.05, 3.63) is 65.7 Å². The van der Waals surface area contributed by atoms with Gasteiger partial charge in [0.25, 0.3) is 10.0 Å². The Labute approximate surface area is 178 Å². The molecule has 0 bridgehead atoms. The van der Waals surface area contributed by atoms with Gasteiger partial charge in [0.15, 0.2) is 0 Å². The Bertz CT molecular complexity index is 1040. The maximum absolute atomic E-state index is 13.1. The van der Waals surface area contributed by atoms with Gasteiger partial charge in [0.2, 0.25) is 5.91 Å². The number of benzene rings is 2. The summed E-state index contributed by atoms with van der Waals surface area (Å²) >= 11 is 0. The van der Waals surface area contributed by atoms with Gasteiger partial charge >= 0.3 is 0 Å². The molecule has 0 aromatic heterocycles. The molecule has 4 rings (SSSR count). The average molecular weight is 426 g/mol. The van der Waals surface area contributed by atoms with Gasteiger partial charge < -0.3 is 9.80 Å². The zero-order valence-electron chi connectivity index (χ0n) is 17.2. The first-order chi connectivity index (χ1) is 14.5. The molecule has 2 aliphatic rings. The largest absolute Gasteiger partial charge is 0.337 e. The van der Waals surface area contributed by atoms with Crippen LogP contribution in [0.2, 0.25) is 0 Å². The van der Waals surface area contributed by atoms with Gasteiger partial charge in [0.1, 0.15) is 0 Å². The van der Waals surface area contributed by atoms with Crippen LogP contribution in [0.25, 0.3) is 6.08 Å². The van der Waals surface area contributed by atoms with Crippen molar-refractivity contribution in [2.24, 2.45) is 0 Å². The zero-order chi connectivity index (χ0) is 21.1. The second kappa shape index (κ2) is 8.62. The van der Waals surface area contributed by atoms with Gasteiger partial charge in [-0.1, -0.05) is 37.3 Å². The van der Waals surface area contributed by atoms with Crippen LogP contribution in [0.4, 0.5) is 5.69 Å². The first-order valence-corrected chi connectivity index (χ1v) is 11.8. The highest BCUT2D eigenvalue weighted by atomic mass is 32.2. The fourth-order valence-corrected chi connectivity index (χ4v) is 5.50. The lowest BCUT2D eigenvalue weighted by atomic mass is 10.2. The summed E-state index contributed by atoms with van der Waals surface area (Å²) < 4.78 is 27.6. The van der Waals surface area contributed by atoms with Gasteiger partial charge in [-0.05, 0) is 48.4 Å². The standard InChI is InChI=1S/C23H27N3O3S/c1-2-24-15-17-25(18-16-24)23(27)12-9-19-7-10-21(11-8-19)30(28,29)26-14-13-20-5-3-4-6-22(20)26/h3-12H,2,13-18H2,1H3. The molecule has 0 atom stereocenters. The Kier molecular flexibility index (Phi) is 5.92. The number of piperazine rings is 1. The first kappa shape index (κ1) is 20.6. The second-order valence-electron chi connectivity index (χ2n) is 7.62. The fraction of sp³-hybridized carbons (Fsp3) is 0.348. The third-order valence-electron chi connectivity index (χ3n) is 5.86. The molecule has 2 aromatic carbocycles. The molecule has 0 N–H and O–H groups in total. The van der Waals surface area contributed by atoms with Crippen molar-refractivity contribution in [2.75, 3.05) is 43.6 Å². The van der Waals surface area contributed by atoms with Gasteiger partial charge in [-0.15, -0.1) is 0 Å². The number of fused-ring (bicyclic) bond motifs is 1. The maximum Gasteiger partial charge on any atom is 0.264 e. The van der Waals surface area contributed by atoms with Crippen LogP contribution in [0, 0.1) is 0 Å². The van der Waals surface area contributed by atoms with Crippen LogP contribution in [-0.2, 0) is 21.2 Å². The molecule has 7 heteroatoms. The highest BCUT2D eigenvalue weighted by molar-refractivity contribution is 7.92. The number of anilines is 1. The number of hydrogen-bond donors (Lipinski definition) is 0. The molecule has 2 aliphatic heterocycles. The molecule has 0 unspecified atom stereocenters. The minimum atomic E-state index is -3.60. The molecular weight excluding hydrogens is 398 g/mol. The lowest BCUT2D eigenvalue weighted by Crippen LogP contribution is -2.48. The number of hydrogen-bond acceptors (Lipinski definition) is 4. The number of para-hydroxylation sites is 1. The molecule has 0 saturated carbocycles. The molecule has 2 heterocycles. The van der Waals surface area contributed by atoms with E-state index in [9.17, 15) is 13.2 Å². The summed E-state index contributed by atoms with van der Waals surface area (Å²) in [5.41, 5.74) is 2.62. The van der Waals surface area contributed by atoms with Gasteiger partial charge in [-0.3, -0.25) is 9.10 Å². The van der Waals surface area contributed by atoms with Crippen LogP contribution in [0.5, 0.6) is 0 Å². The molecule has 1 saturated heterocycles. The van der Waals surface area contributed by atoms with Crippen LogP contribution in [0.15, 0.2) is 59.5 Å². The Hall–Kier alpha value is -2.64. The summed E-state index contributed by atoms with van der Waals surface area (Å²) in [5, 5.41) is 0. The maximum atomic E-state index is 13.1. The highest BCUT2D eigenvalue weighted by Gasteiger charge is 2.30. The minimum absolute atomic E-state index is 0.00359. The number of likely N-dealkylation sites (N-methyl/N-ethyl adjacent to an activating group) is 1. The SMILES string of the molecule is CCN1CCN(C(=O)C=Cc2ccc(S(=O)(=O)N3CCc4ccccc43)cc2)CC1. The molecule has 1 amide bonds. The first-order valence-electron chi connectivity index (χ1n) is 10.4. The number of rotatable bonds is 5. The van der Waals surface area contributed by atoms with Gasteiger partial charge in [-0.25, -0.2) is 8.42 Å². The van der Waals surface area contributed by atoms with E-state index in [1.807, 2.05) is 29.2 Å². The lowest BCUT2D eigenvalue weighted by molar-refractivity contribution is -0.127. The van der Waals surface area contributed by atoms with Crippen LogP contribution in [0.3, 0.4) is 0 Å². The van der Waals surface area contributed by atoms with Crippen molar-refractivity contribution < 1.29 is 13.2 Å². The molecule has 158 valence electrons. The molecular formula is C23H27N3O3S. The van der Waals surface area contributed by atoms with Crippen molar-refractivity contribution in [2.45, 2.75) is 18.2 Å². The molecule has 0 aliphatic carbocycles. The Morgan fingerprint density at radius 2 is 1.67 bits per heavy atom. The number of sulfonamides is 1.